The highest BCUT2D eigenvalue weighted by atomic mass is 32.1. The molecule has 1 atom stereocenters. The molecule has 4 amide bonds. The Morgan fingerprint density at radius 3 is 2.69 bits per heavy atom. The molecule has 0 saturated carbocycles. The van der Waals surface area contributed by atoms with Gasteiger partial charge in [-0.3, -0.25) is 24.2 Å². The molecule has 1 fully saturated rings. The fourth-order valence-electron chi connectivity index (χ4n) is 3.21. The van der Waals surface area contributed by atoms with Crippen LogP contribution in [0.4, 0.5) is 4.79 Å². The van der Waals surface area contributed by atoms with Crippen molar-refractivity contribution in [1.29, 1.82) is 0 Å². The van der Waals surface area contributed by atoms with Crippen LogP contribution in [0.1, 0.15) is 42.9 Å². The van der Waals surface area contributed by atoms with Crippen molar-refractivity contribution in [3.8, 4) is 0 Å². The summed E-state index contributed by atoms with van der Waals surface area (Å²) in [5.74, 6) is -2.22. The summed E-state index contributed by atoms with van der Waals surface area (Å²) in [5, 5.41) is 17.1. The van der Waals surface area contributed by atoms with Crippen molar-refractivity contribution in [2.75, 3.05) is 32.7 Å². The number of nitrogens with zero attached hydrogens (tertiary/aromatic N) is 3. The Kier molecular flexibility index (Phi) is 8.09. The molecule has 1 aliphatic rings. The Labute approximate surface area is 173 Å². The Hall–Kier alpha value is -2.53. The van der Waals surface area contributed by atoms with Gasteiger partial charge in [-0.25, -0.2) is 9.78 Å². The van der Waals surface area contributed by atoms with Crippen LogP contribution in [0.15, 0.2) is 11.6 Å². The van der Waals surface area contributed by atoms with Gasteiger partial charge in [0, 0.05) is 44.3 Å². The van der Waals surface area contributed by atoms with Gasteiger partial charge >= 0.3 is 6.09 Å². The molecule has 29 heavy (non-hydrogen) atoms. The lowest BCUT2D eigenvalue weighted by Gasteiger charge is -2.44. The van der Waals surface area contributed by atoms with Crippen molar-refractivity contribution < 1.29 is 24.3 Å². The third kappa shape index (κ3) is 4.73. The maximum atomic E-state index is 13.6. The number of unbranched alkanes of at least 4 members (excludes halogenated alkanes) is 1. The van der Waals surface area contributed by atoms with E-state index in [4.69, 9.17) is 0 Å². The number of imide groups is 1. The largest absolute Gasteiger partial charge is 0.465 e. The van der Waals surface area contributed by atoms with E-state index in [0.29, 0.717) is 25.9 Å². The average molecular weight is 426 g/mol. The number of carbonyl (C=O) groups excluding carboxylic acids is 3. The molecule has 1 saturated heterocycles. The maximum Gasteiger partial charge on any atom is 0.408 e. The van der Waals surface area contributed by atoms with Gasteiger partial charge in [0.25, 0.3) is 17.7 Å². The fraction of sp³-hybridized carbons (Fsp3) is 0.611. The lowest BCUT2D eigenvalue weighted by molar-refractivity contribution is -0.151. The highest BCUT2D eigenvalue weighted by Crippen LogP contribution is 2.24. The molecule has 0 spiro atoms. The molecule has 160 valence electrons. The van der Waals surface area contributed by atoms with Gasteiger partial charge < -0.3 is 15.7 Å². The second kappa shape index (κ2) is 10.3. The monoisotopic (exact) mass is 425 g/mol. The lowest BCUT2D eigenvalue weighted by Crippen LogP contribution is -2.75. The summed E-state index contributed by atoms with van der Waals surface area (Å²) in [7, 11) is 0. The molecule has 0 aromatic carbocycles. The highest BCUT2D eigenvalue weighted by molar-refractivity contribution is 7.11. The third-order valence-electron chi connectivity index (χ3n) is 4.68. The molecule has 0 bridgehead atoms. The van der Waals surface area contributed by atoms with Gasteiger partial charge in [-0.15, -0.1) is 11.3 Å². The van der Waals surface area contributed by atoms with Gasteiger partial charge in [0.15, 0.2) is 5.01 Å². The quantitative estimate of drug-likeness (QED) is 0.318. The Morgan fingerprint density at radius 1 is 1.34 bits per heavy atom. The first kappa shape index (κ1) is 22.8. The lowest BCUT2D eigenvalue weighted by atomic mass is 9.91. The van der Waals surface area contributed by atoms with E-state index in [-0.39, 0.29) is 24.6 Å². The van der Waals surface area contributed by atoms with Gasteiger partial charge in [0.1, 0.15) is 0 Å². The summed E-state index contributed by atoms with van der Waals surface area (Å²) in [6, 6.07) is 0. The van der Waals surface area contributed by atoms with Crippen LogP contribution in [0.3, 0.4) is 0 Å². The van der Waals surface area contributed by atoms with E-state index in [1.165, 1.54) is 6.20 Å². The van der Waals surface area contributed by atoms with Crippen LogP contribution in [0.25, 0.3) is 0 Å². The predicted molar refractivity (Wildman–Crippen MR) is 107 cm³/mol. The van der Waals surface area contributed by atoms with E-state index in [1.807, 2.05) is 6.92 Å². The minimum atomic E-state index is -2.06. The molecule has 0 aliphatic carbocycles. The SMILES string of the molecule is CCCCNC(=O)[C@]1(C(=O)N(CCC)C(=O)c2nccs2)CNCCN1C(=O)O. The van der Waals surface area contributed by atoms with Crippen LogP contribution in [0.5, 0.6) is 0 Å². The van der Waals surface area contributed by atoms with Crippen molar-refractivity contribution in [3.05, 3.63) is 16.6 Å². The van der Waals surface area contributed by atoms with Crippen LogP contribution in [-0.4, -0.2) is 82.0 Å². The van der Waals surface area contributed by atoms with E-state index in [2.05, 4.69) is 15.6 Å². The van der Waals surface area contributed by atoms with Crippen LogP contribution in [0.2, 0.25) is 0 Å². The molecular weight excluding hydrogens is 398 g/mol. The van der Waals surface area contributed by atoms with E-state index in [0.717, 1.165) is 27.6 Å². The Morgan fingerprint density at radius 2 is 2.10 bits per heavy atom. The zero-order valence-corrected chi connectivity index (χ0v) is 17.5. The number of aromatic nitrogens is 1. The number of piperazine rings is 1. The van der Waals surface area contributed by atoms with Gasteiger partial charge in [-0.2, -0.15) is 0 Å². The zero-order valence-electron chi connectivity index (χ0n) is 16.6. The maximum absolute atomic E-state index is 13.6. The summed E-state index contributed by atoms with van der Waals surface area (Å²) in [5.41, 5.74) is -2.06. The third-order valence-corrected chi connectivity index (χ3v) is 5.44. The first-order valence-corrected chi connectivity index (χ1v) is 10.5. The minimum Gasteiger partial charge on any atom is -0.465 e. The molecule has 0 radical (unpaired) electrons. The van der Waals surface area contributed by atoms with Gasteiger partial charge in [-0.1, -0.05) is 20.3 Å². The van der Waals surface area contributed by atoms with Crippen molar-refractivity contribution >= 4 is 35.2 Å². The van der Waals surface area contributed by atoms with Crippen molar-refractivity contribution in [1.82, 2.24) is 25.4 Å². The molecule has 1 aromatic heterocycles. The summed E-state index contributed by atoms with van der Waals surface area (Å²) in [6.07, 6.45) is 2.03. The molecule has 1 aliphatic heterocycles. The Balaban J connectivity index is 2.46. The van der Waals surface area contributed by atoms with Crippen molar-refractivity contribution in [3.63, 3.8) is 0 Å². The highest BCUT2D eigenvalue weighted by Gasteiger charge is 2.57. The number of rotatable bonds is 8. The van der Waals surface area contributed by atoms with Crippen molar-refractivity contribution in [2.24, 2.45) is 0 Å². The zero-order chi connectivity index (χ0) is 21.4. The summed E-state index contributed by atoms with van der Waals surface area (Å²) in [4.78, 5) is 57.4. The number of nitrogens with one attached hydrogen (secondary N) is 2. The van der Waals surface area contributed by atoms with Gasteiger partial charge in [0.2, 0.25) is 5.54 Å². The number of hydrogen-bond acceptors (Lipinski definition) is 7. The number of amides is 4. The minimum absolute atomic E-state index is 0.0479. The second-order valence-corrected chi connectivity index (χ2v) is 7.57. The van der Waals surface area contributed by atoms with Crippen molar-refractivity contribution in [2.45, 2.75) is 38.6 Å². The van der Waals surface area contributed by atoms with E-state index >= 15 is 0 Å². The van der Waals surface area contributed by atoms with Gasteiger partial charge in [0.05, 0.1) is 0 Å². The molecule has 11 heteroatoms. The molecule has 3 N–H and O–H groups in total. The standard InChI is InChI=1S/C18H27N5O5S/c1-3-5-6-21-15(25)18(12-19-7-10-23(18)17(27)28)16(26)22(9-4-2)14(24)13-20-8-11-29-13/h8,11,19H,3-7,9-10,12H2,1-2H3,(H,21,25)(H,27,28)/t18-/m0/s1. The molecule has 2 rings (SSSR count). The molecule has 10 nitrogen and oxygen atoms in total. The predicted octanol–water partition coefficient (Wildman–Crippen LogP) is 0.760. The second-order valence-electron chi connectivity index (χ2n) is 6.68. The molecule has 0 unspecified atom stereocenters. The molecule has 2 heterocycles. The average Bonchev–Trinajstić information content (AvgIpc) is 3.25. The number of carbonyl (C=O) groups is 4. The molecular formula is C18H27N5O5S. The first-order chi connectivity index (χ1) is 13.9. The van der Waals surface area contributed by atoms with E-state index < -0.39 is 29.4 Å². The normalized spacial score (nSPS) is 18.9. The van der Waals surface area contributed by atoms with Crippen LogP contribution < -0.4 is 10.6 Å². The number of carboxylic acid groups (broad SMARTS) is 1. The van der Waals surface area contributed by atoms with E-state index in [9.17, 15) is 24.3 Å². The topological polar surface area (TPSA) is 132 Å². The first-order valence-electron chi connectivity index (χ1n) is 9.65. The summed E-state index contributed by atoms with van der Waals surface area (Å²) in [6.45, 7) is 4.15. The fourth-order valence-corrected chi connectivity index (χ4v) is 3.79. The summed E-state index contributed by atoms with van der Waals surface area (Å²) < 4.78 is 0. The smallest absolute Gasteiger partial charge is 0.408 e. The summed E-state index contributed by atoms with van der Waals surface area (Å²) >= 11 is 1.08. The number of thiazole rings is 1. The molecule has 1 aromatic rings. The van der Waals surface area contributed by atoms with E-state index in [1.54, 1.807) is 12.3 Å². The van der Waals surface area contributed by atoms with Crippen LogP contribution in [-0.2, 0) is 9.59 Å². The Bertz CT molecular complexity index is 741. The van der Waals surface area contributed by atoms with Crippen LogP contribution in [0, 0.1) is 0 Å². The number of hydrogen-bond donors (Lipinski definition) is 3. The van der Waals surface area contributed by atoms with Crippen LogP contribution >= 0.6 is 11.3 Å². The van der Waals surface area contributed by atoms with Gasteiger partial charge in [-0.05, 0) is 12.8 Å².